The van der Waals surface area contributed by atoms with Gasteiger partial charge in [-0.1, -0.05) is 12.2 Å². The molecule has 108 valence electrons. The van der Waals surface area contributed by atoms with E-state index in [1.165, 1.54) is 19.6 Å². The minimum atomic E-state index is -0.391. The number of hydrogen-bond acceptors (Lipinski definition) is 4. The number of methoxy groups -OCH3 is 1. The van der Waals surface area contributed by atoms with Crippen LogP contribution in [-0.2, 0) is 6.54 Å². The minimum absolute atomic E-state index is 0.0711. The zero-order chi connectivity index (χ0) is 14.4. The SMILES string of the molecule is COc1cc(CNCC2CC=CCC2)cc([N+](=O)[O-])c1. The molecule has 0 heterocycles. The van der Waals surface area contributed by atoms with Gasteiger partial charge in [0.15, 0.2) is 0 Å². The number of hydrogen-bond donors (Lipinski definition) is 1. The lowest BCUT2D eigenvalue weighted by atomic mass is 9.94. The van der Waals surface area contributed by atoms with E-state index in [1.54, 1.807) is 6.07 Å². The average molecular weight is 276 g/mol. The molecule has 1 aliphatic rings. The molecule has 1 N–H and O–H groups in total. The Bertz CT molecular complexity index is 500. The molecule has 1 aliphatic carbocycles. The molecule has 0 bridgehead atoms. The maximum atomic E-state index is 10.9. The Morgan fingerprint density at radius 2 is 2.25 bits per heavy atom. The van der Waals surface area contributed by atoms with E-state index in [0.29, 0.717) is 18.2 Å². The molecule has 0 saturated heterocycles. The molecular weight excluding hydrogens is 256 g/mol. The van der Waals surface area contributed by atoms with Crippen molar-refractivity contribution in [3.8, 4) is 5.75 Å². The molecule has 0 saturated carbocycles. The van der Waals surface area contributed by atoms with Crippen LogP contribution in [0, 0.1) is 16.0 Å². The van der Waals surface area contributed by atoms with Crippen LogP contribution in [0.1, 0.15) is 24.8 Å². The van der Waals surface area contributed by atoms with Gasteiger partial charge in [0, 0.05) is 12.6 Å². The second-order valence-corrected chi connectivity index (χ2v) is 5.08. The first-order valence-electron chi connectivity index (χ1n) is 6.87. The lowest BCUT2D eigenvalue weighted by Gasteiger charge is -2.18. The molecule has 1 aromatic carbocycles. The summed E-state index contributed by atoms with van der Waals surface area (Å²) in [6.45, 7) is 1.56. The van der Waals surface area contributed by atoms with Gasteiger partial charge >= 0.3 is 0 Å². The minimum Gasteiger partial charge on any atom is -0.496 e. The monoisotopic (exact) mass is 276 g/mol. The first kappa shape index (κ1) is 14.5. The van der Waals surface area contributed by atoms with Crippen molar-refractivity contribution >= 4 is 5.69 Å². The molecule has 0 amide bonds. The Balaban J connectivity index is 1.92. The molecule has 5 heteroatoms. The average Bonchev–Trinajstić information content (AvgIpc) is 2.48. The van der Waals surface area contributed by atoms with Crippen LogP contribution in [0.15, 0.2) is 30.4 Å². The first-order chi connectivity index (χ1) is 9.69. The number of benzene rings is 1. The zero-order valence-electron chi connectivity index (χ0n) is 11.7. The lowest BCUT2D eigenvalue weighted by molar-refractivity contribution is -0.385. The van der Waals surface area contributed by atoms with Crippen molar-refractivity contribution < 1.29 is 9.66 Å². The Morgan fingerprint density at radius 1 is 1.40 bits per heavy atom. The summed E-state index contributed by atoms with van der Waals surface area (Å²) < 4.78 is 5.10. The fourth-order valence-electron chi connectivity index (χ4n) is 2.43. The molecule has 0 aromatic heterocycles. The van der Waals surface area contributed by atoms with Crippen molar-refractivity contribution in [2.45, 2.75) is 25.8 Å². The number of rotatable bonds is 6. The number of nitro benzene ring substituents is 1. The third kappa shape index (κ3) is 4.06. The molecule has 0 spiro atoms. The Labute approximate surface area is 118 Å². The summed E-state index contributed by atoms with van der Waals surface area (Å²) in [4.78, 5) is 10.5. The third-order valence-electron chi connectivity index (χ3n) is 3.54. The van der Waals surface area contributed by atoms with Gasteiger partial charge in [0.2, 0.25) is 0 Å². The number of nitro groups is 1. The van der Waals surface area contributed by atoms with Gasteiger partial charge in [-0.15, -0.1) is 0 Å². The van der Waals surface area contributed by atoms with Crippen molar-refractivity contribution in [1.82, 2.24) is 5.32 Å². The molecule has 0 fully saturated rings. The molecule has 1 aromatic rings. The Kier molecular flexibility index (Phi) is 5.12. The maximum absolute atomic E-state index is 10.9. The van der Waals surface area contributed by atoms with Crippen molar-refractivity contribution in [3.05, 3.63) is 46.0 Å². The van der Waals surface area contributed by atoms with Crippen molar-refractivity contribution in [3.63, 3.8) is 0 Å². The molecule has 2 rings (SSSR count). The van der Waals surface area contributed by atoms with Crippen LogP contribution < -0.4 is 10.1 Å². The van der Waals surface area contributed by atoms with Gasteiger partial charge in [-0.3, -0.25) is 10.1 Å². The van der Waals surface area contributed by atoms with Crippen LogP contribution in [0.3, 0.4) is 0 Å². The van der Waals surface area contributed by atoms with E-state index in [-0.39, 0.29) is 5.69 Å². The second-order valence-electron chi connectivity index (χ2n) is 5.08. The van der Waals surface area contributed by atoms with Gasteiger partial charge in [-0.2, -0.15) is 0 Å². The summed E-state index contributed by atoms with van der Waals surface area (Å²) in [5, 5.41) is 14.2. The molecular formula is C15H20N2O3. The molecule has 20 heavy (non-hydrogen) atoms. The largest absolute Gasteiger partial charge is 0.496 e. The Hall–Kier alpha value is -1.88. The van der Waals surface area contributed by atoms with Crippen LogP contribution in [0.25, 0.3) is 0 Å². The summed E-state index contributed by atoms with van der Waals surface area (Å²) >= 11 is 0. The van der Waals surface area contributed by atoms with Crippen LogP contribution in [-0.4, -0.2) is 18.6 Å². The zero-order valence-corrected chi connectivity index (χ0v) is 11.7. The van der Waals surface area contributed by atoms with Gasteiger partial charge in [0.1, 0.15) is 5.75 Å². The molecule has 5 nitrogen and oxygen atoms in total. The lowest BCUT2D eigenvalue weighted by Crippen LogP contribution is -2.23. The number of nitrogens with zero attached hydrogens (tertiary/aromatic N) is 1. The molecule has 0 radical (unpaired) electrons. The third-order valence-corrected chi connectivity index (χ3v) is 3.54. The predicted molar refractivity (Wildman–Crippen MR) is 77.8 cm³/mol. The van der Waals surface area contributed by atoms with Gasteiger partial charge in [-0.25, -0.2) is 0 Å². The second kappa shape index (κ2) is 7.05. The van der Waals surface area contributed by atoms with Gasteiger partial charge in [0.25, 0.3) is 5.69 Å². The Morgan fingerprint density at radius 3 is 2.90 bits per heavy atom. The van der Waals surface area contributed by atoms with E-state index >= 15 is 0 Å². The van der Waals surface area contributed by atoms with Gasteiger partial charge < -0.3 is 10.1 Å². The summed E-state index contributed by atoms with van der Waals surface area (Å²) in [6, 6.07) is 4.87. The number of non-ortho nitro benzene ring substituents is 1. The topological polar surface area (TPSA) is 64.4 Å². The van der Waals surface area contributed by atoms with E-state index < -0.39 is 4.92 Å². The van der Waals surface area contributed by atoms with Crippen LogP contribution in [0.2, 0.25) is 0 Å². The number of allylic oxidation sites excluding steroid dienone is 2. The highest BCUT2D eigenvalue weighted by atomic mass is 16.6. The highest BCUT2D eigenvalue weighted by Gasteiger charge is 2.12. The van der Waals surface area contributed by atoms with Crippen molar-refractivity contribution in [2.24, 2.45) is 5.92 Å². The fraction of sp³-hybridized carbons (Fsp3) is 0.467. The van der Waals surface area contributed by atoms with Crippen LogP contribution in [0.5, 0.6) is 5.75 Å². The smallest absolute Gasteiger partial charge is 0.273 e. The number of nitrogens with one attached hydrogen (secondary N) is 1. The molecule has 1 atom stereocenters. The van der Waals surface area contributed by atoms with E-state index in [4.69, 9.17) is 4.74 Å². The van der Waals surface area contributed by atoms with Gasteiger partial charge in [0.05, 0.1) is 18.1 Å². The first-order valence-corrected chi connectivity index (χ1v) is 6.87. The van der Waals surface area contributed by atoms with Crippen molar-refractivity contribution in [2.75, 3.05) is 13.7 Å². The summed E-state index contributed by atoms with van der Waals surface area (Å²) in [7, 11) is 1.52. The highest BCUT2D eigenvalue weighted by Crippen LogP contribution is 2.23. The molecule has 1 unspecified atom stereocenters. The van der Waals surface area contributed by atoms with E-state index in [2.05, 4.69) is 17.5 Å². The summed E-state index contributed by atoms with van der Waals surface area (Å²) in [5.41, 5.74) is 0.948. The fourth-order valence-corrected chi connectivity index (χ4v) is 2.43. The normalized spacial score (nSPS) is 17.9. The quantitative estimate of drug-likeness (QED) is 0.493. The summed E-state index contributed by atoms with van der Waals surface area (Å²) in [5.74, 6) is 1.19. The van der Waals surface area contributed by atoms with E-state index in [1.807, 2.05) is 6.07 Å². The van der Waals surface area contributed by atoms with E-state index in [0.717, 1.165) is 24.9 Å². The molecule has 0 aliphatic heterocycles. The van der Waals surface area contributed by atoms with Gasteiger partial charge in [-0.05, 0) is 43.4 Å². The number of ether oxygens (including phenoxy) is 1. The predicted octanol–water partition coefficient (Wildman–Crippen LogP) is 3.05. The van der Waals surface area contributed by atoms with E-state index in [9.17, 15) is 10.1 Å². The maximum Gasteiger partial charge on any atom is 0.273 e. The van der Waals surface area contributed by atoms with Crippen LogP contribution in [0.4, 0.5) is 5.69 Å². The summed E-state index contributed by atoms with van der Waals surface area (Å²) in [6.07, 6.45) is 7.93. The van der Waals surface area contributed by atoms with Crippen LogP contribution >= 0.6 is 0 Å². The standard InChI is InChI=1S/C15H20N2O3/c1-20-15-8-13(7-14(9-15)17(18)19)11-16-10-12-5-3-2-4-6-12/h2-3,7-9,12,16H,4-6,10-11H2,1H3. The van der Waals surface area contributed by atoms with Crippen molar-refractivity contribution in [1.29, 1.82) is 0 Å². The highest BCUT2D eigenvalue weighted by molar-refractivity contribution is 5.42.